The highest BCUT2D eigenvalue weighted by atomic mass is 79.9. The lowest BCUT2D eigenvalue weighted by molar-refractivity contribution is -0.113. The third-order valence-electron chi connectivity index (χ3n) is 4.62. The fourth-order valence-corrected chi connectivity index (χ4v) is 4.07. The number of thioether (sulfide) groups is 1. The van der Waals surface area contributed by atoms with Gasteiger partial charge in [0, 0.05) is 16.4 Å². The van der Waals surface area contributed by atoms with E-state index in [9.17, 15) is 9.59 Å². The topological polar surface area (TPSA) is 76.9 Å². The fraction of sp³-hybridized carbons (Fsp3) is 0.130. The summed E-state index contributed by atoms with van der Waals surface area (Å²) in [6.07, 6.45) is 1.60. The van der Waals surface area contributed by atoms with Crippen LogP contribution in [-0.2, 0) is 11.3 Å². The number of carbonyl (C=O) groups is 1. The number of rotatable bonds is 6. The van der Waals surface area contributed by atoms with Gasteiger partial charge in [-0.15, -0.1) is 0 Å². The van der Waals surface area contributed by atoms with Gasteiger partial charge in [-0.3, -0.25) is 14.2 Å². The highest BCUT2D eigenvalue weighted by Gasteiger charge is 2.14. The number of benzene rings is 2. The van der Waals surface area contributed by atoms with E-state index < -0.39 is 0 Å². The molecule has 0 saturated heterocycles. The van der Waals surface area contributed by atoms with Crippen LogP contribution < -0.4 is 10.9 Å². The van der Waals surface area contributed by atoms with Gasteiger partial charge in [0.25, 0.3) is 5.56 Å². The average Bonchev–Trinajstić information content (AvgIpc) is 2.77. The van der Waals surface area contributed by atoms with Crippen LogP contribution in [0.5, 0.6) is 0 Å². The highest BCUT2D eigenvalue weighted by Crippen LogP contribution is 2.20. The van der Waals surface area contributed by atoms with Crippen molar-refractivity contribution in [1.82, 2.24) is 14.5 Å². The molecule has 0 radical (unpaired) electrons. The summed E-state index contributed by atoms with van der Waals surface area (Å²) < 4.78 is 2.54. The van der Waals surface area contributed by atoms with E-state index in [0.717, 1.165) is 15.6 Å². The van der Waals surface area contributed by atoms with Crippen LogP contribution in [0.15, 0.2) is 81.3 Å². The number of amides is 1. The monoisotopic (exact) mass is 494 g/mol. The van der Waals surface area contributed by atoms with E-state index in [1.165, 1.54) is 11.8 Å². The number of aromatic nitrogens is 3. The molecule has 0 bridgehead atoms. The van der Waals surface area contributed by atoms with Gasteiger partial charge in [-0.1, -0.05) is 57.5 Å². The number of carbonyl (C=O) groups excluding carboxylic acids is 1. The van der Waals surface area contributed by atoms with Crippen LogP contribution in [0.2, 0.25) is 0 Å². The van der Waals surface area contributed by atoms with Crippen molar-refractivity contribution in [2.24, 2.45) is 0 Å². The van der Waals surface area contributed by atoms with Gasteiger partial charge in [-0.05, 0) is 48.9 Å². The Morgan fingerprint density at radius 2 is 1.84 bits per heavy atom. The van der Waals surface area contributed by atoms with E-state index in [1.807, 2.05) is 55.5 Å². The lowest BCUT2D eigenvalue weighted by Gasteiger charge is -2.13. The van der Waals surface area contributed by atoms with Gasteiger partial charge in [-0.25, -0.2) is 9.97 Å². The number of nitrogens with zero attached hydrogens (tertiary/aromatic N) is 3. The Morgan fingerprint density at radius 1 is 1.10 bits per heavy atom. The van der Waals surface area contributed by atoms with E-state index in [0.29, 0.717) is 28.4 Å². The van der Waals surface area contributed by atoms with Crippen molar-refractivity contribution < 1.29 is 4.79 Å². The molecule has 8 heteroatoms. The van der Waals surface area contributed by atoms with Crippen LogP contribution in [0.4, 0.5) is 5.69 Å². The van der Waals surface area contributed by atoms with Gasteiger partial charge < -0.3 is 5.32 Å². The second-order valence-electron chi connectivity index (χ2n) is 6.99. The Labute approximate surface area is 191 Å². The van der Waals surface area contributed by atoms with E-state index in [1.54, 1.807) is 22.9 Å². The number of aryl methyl sites for hydroxylation is 1. The molecular weight excluding hydrogens is 476 g/mol. The number of halogens is 1. The predicted octanol–water partition coefficient (Wildman–Crippen LogP) is 4.64. The van der Waals surface area contributed by atoms with Crippen LogP contribution in [0.3, 0.4) is 0 Å². The summed E-state index contributed by atoms with van der Waals surface area (Å²) in [5.41, 5.74) is 3.05. The van der Waals surface area contributed by atoms with Crippen LogP contribution in [-0.4, -0.2) is 26.2 Å². The van der Waals surface area contributed by atoms with Crippen molar-refractivity contribution in [2.75, 3.05) is 11.1 Å². The van der Waals surface area contributed by atoms with Gasteiger partial charge in [0.2, 0.25) is 5.91 Å². The van der Waals surface area contributed by atoms with Gasteiger partial charge >= 0.3 is 0 Å². The molecule has 0 aliphatic heterocycles. The number of hydrogen-bond donors (Lipinski definition) is 1. The summed E-state index contributed by atoms with van der Waals surface area (Å²) in [7, 11) is 0. The van der Waals surface area contributed by atoms with Gasteiger partial charge in [0.05, 0.1) is 17.7 Å². The van der Waals surface area contributed by atoms with Crippen molar-refractivity contribution in [1.29, 1.82) is 0 Å². The van der Waals surface area contributed by atoms with E-state index >= 15 is 0 Å². The van der Waals surface area contributed by atoms with Crippen LogP contribution in [0.1, 0.15) is 11.1 Å². The average molecular weight is 495 g/mol. The molecule has 1 N–H and O–H groups in total. The minimum absolute atomic E-state index is 0.120. The van der Waals surface area contributed by atoms with Crippen LogP contribution in [0.25, 0.3) is 11.0 Å². The molecule has 2 aromatic heterocycles. The number of pyridine rings is 1. The van der Waals surface area contributed by atoms with Crippen LogP contribution in [0, 0.1) is 6.92 Å². The molecule has 0 fully saturated rings. The first-order chi connectivity index (χ1) is 15.0. The Hall–Kier alpha value is -2.97. The zero-order valence-electron chi connectivity index (χ0n) is 16.7. The minimum atomic E-state index is -0.176. The van der Waals surface area contributed by atoms with Gasteiger partial charge in [-0.2, -0.15) is 0 Å². The zero-order valence-corrected chi connectivity index (χ0v) is 19.1. The summed E-state index contributed by atoms with van der Waals surface area (Å²) >= 11 is 4.59. The quantitative estimate of drug-likeness (QED) is 0.312. The van der Waals surface area contributed by atoms with Crippen molar-refractivity contribution in [3.63, 3.8) is 0 Å². The summed E-state index contributed by atoms with van der Waals surface area (Å²) in [5, 5.41) is 3.77. The first-order valence-electron chi connectivity index (χ1n) is 9.59. The Morgan fingerprint density at radius 3 is 2.58 bits per heavy atom. The second kappa shape index (κ2) is 9.45. The lowest BCUT2D eigenvalue weighted by atomic mass is 10.1. The Kier molecular flexibility index (Phi) is 6.48. The maximum absolute atomic E-state index is 13.2. The second-order valence-corrected chi connectivity index (χ2v) is 8.85. The predicted molar refractivity (Wildman–Crippen MR) is 128 cm³/mol. The number of fused-ring (bicyclic) bond motifs is 1. The molecule has 0 spiro atoms. The number of hydrogen-bond acceptors (Lipinski definition) is 5. The van der Waals surface area contributed by atoms with E-state index in [4.69, 9.17) is 0 Å². The van der Waals surface area contributed by atoms with Crippen molar-refractivity contribution in [3.8, 4) is 0 Å². The highest BCUT2D eigenvalue weighted by molar-refractivity contribution is 9.10. The van der Waals surface area contributed by atoms with Crippen molar-refractivity contribution in [2.45, 2.75) is 18.6 Å². The smallest absolute Gasteiger partial charge is 0.263 e. The Balaban J connectivity index is 1.60. The molecule has 0 aliphatic carbocycles. The maximum Gasteiger partial charge on any atom is 0.263 e. The first kappa shape index (κ1) is 21.3. The molecule has 4 aromatic rings. The number of anilines is 1. The maximum atomic E-state index is 13.2. The van der Waals surface area contributed by atoms with E-state index in [-0.39, 0.29) is 17.2 Å². The fourth-order valence-electron chi connectivity index (χ4n) is 3.02. The summed E-state index contributed by atoms with van der Waals surface area (Å²) in [6.45, 7) is 2.39. The summed E-state index contributed by atoms with van der Waals surface area (Å²) in [6, 6.07) is 18.8. The molecule has 0 unspecified atom stereocenters. The molecule has 2 aromatic carbocycles. The largest absolute Gasteiger partial charge is 0.325 e. The minimum Gasteiger partial charge on any atom is -0.325 e. The summed E-state index contributed by atoms with van der Waals surface area (Å²) in [4.78, 5) is 34.4. The van der Waals surface area contributed by atoms with E-state index in [2.05, 4.69) is 31.2 Å². The molecule has 6 nitrogen and oxygen atoms in total. The molecule has 2 heterocycles. The summed E-state index contributed by atoms with van der Waals surface area (Å²) in [5.74, 6) is -0.0565. The van der Waals surface area contributed by atoms with Gasteiger partial charge in [0.15, 0.2) is 10.8 Å². The van der Waals surface area contributed by atoms with Crippen molar-refractivity contribution >= 4 is 50.3 Å². The molecular formula is C23H19BrN4O2S. The molecule has 156 valence electrons. The zero-order chi connectivity index (χ0) is 21.8. The molecule has 4 rings (SSSR count). The first-order valence-corrected chi connectivity index (χ1v) is 11.4. The third-order valence-corrected chi connectivity index (χ3v) is 6.12. The van der Waals surface area contributed by atoms with Crippen molar-refractivity contribution in [3.05, 3.63) is 92.8 Å². The third kappa shape index (κ3) is 5.21. The molecule has 0 aliphatic rings. The van der Waals surface area contributed by atoms with Gasteiger partial charge in [0.1, 0.15) is 0 Å². The Bertz CT molecular complexity index is 1290. The normalized spacial score (nSPS) is 10.9. The molecule has 31 heavy (non-hydrogen) atoms. The SMILES string of the molecule is Cc1ccc(Cn2c(SCC(=O)Nc3ccc(Br)cc3)nc3ncccc3c2=O)cc1. The molecule has 0 saturated carbocycles. The molecule has 0 atom stereocenters. The number of nitrogens with one attached hydrogen (secondary N) is 1. The standard InChI is InChI=1S/C23H19BrN4O2S/c1-15-4-6-16(7-5-15)13-28-22(30)19-3-2-12-25-21(19)27-23(28)31-14-20(29)26-18-10-8-17(24)9-11-18/h2-12H,13-14H2,1H3,(H,26,29). The van der Waals surface area contributed by atoms with Crippen LogP contribution >= 0.6 is 27.7 Å². The lowest BCUT2D eigenvalue weighted by Crippen LogP contribution is -2.25. The molecule has 1 amide bonds.